The van der Waals surface area contributed by atoms with Crippen LogP contribution in [0.3, 0.4) is 0 Å². The highest BCUT2D eigenvalue weighted by molar-refractivity contribution is 7.89. The molecule has 1 aliphatic rings. The summed E-state index contributed by atoms with van der Waals surface area (Å²) in [5, 5.41) is 0. The Morgan fingerprint density at radius 1 is 0.800 bits per heavy atom. The van der Waals surface area contributed by atoms with Gasteiger partial charge < -0.3 is 4.90 Å². The minimum atomic E-state index is -3.55. The molecule has 2 heterocycles. The first kappa shape index (κ1) is 20.8. The highest BCUT2D eigenvalue weighted by Crippen LogP contribution is 2.30. The molecule has 0 aliphatic carbocycles. The standard InChI is InChI=1S/C23H28N4O2S/c1-15-14-16(2)18(4)22(17(15)3)30(28,29)27-12-10-26(11-13-27)23-19(5)24-20-8-6-7-9-21(20)25-23/h6-9,14H,10-13H2,1-5H3. The normalized spacial score (nSPS) is 15.7. The van der Waals surface area contributed by atoms with Crippen molar-refractivity contribution in [2.24, 2.45) is 0 Å². The Morgan fingerprint density at radius 3 is 1.90 bits per heavy atom. The molecule has 4 rings (SSSR count). The summed E-state index contributed by atoms with van der Waals surface area (Å²) in [6.45, 7) is 11.8. The fourth-order valence-corrected chi connectivity index (χ4v) is 6.21. The van der Waals surface area contributed by atoms with Crippen molar-refractivity contribution in [1.29, 1.82) is 0 Å². The minimum Gasteiger partial charge on any atom is -0.352 e. The van der Waals surface area contributed by atoms with Crippen molar-refractivity contribution in [2.45, 2.75) is 39.5 Å². The summed E-state index contributed by atoms with van der Waals surface area (Å²) in [5.74, 6) is 0.838. The van der Waals surface area contributed by atoms with Crippen LogP contribution in [-0.4, -0.2) is 48.9 Å². The molecule has 0 radical (unpaired) electrons. The first-order valence-electron chi connectivity index (χ1n) is 10.3. The summed E-state index contributed by atoms with van der Waals surface area (Å²) < 4.78 is 28.6. The van der Waals surface area contributed by atoms with E-state index >= 15 is 0 Å². The smallest absolute Gasteiger partial charge is 0.243 e. The number of anilines is 1. The lowest BCUT2D eigenvalue weighted by Gasteiger charge is -2.35. The minimum absolute atomic E-state index is 0.433. The fraction of sp³-hybridized carbons (Fsp3) is 0.391. The van der Waals surface area contributed by atoms with E-state index in [0.29, 0.717) is 31.1 Å². The zero-order valence-electron chi connectivity index (χ0n) is 18.2. The molecule has 3 aromatic rings. The third-order valence-electron chi connectivity index (χ3n) is 6.15. The van der Waals surface area contributed by atoms with Crippen LogP contribution >= 0.6 is 0 Å². The van der Waals surface area contributed by atoms with Crippen LogP contribution in [0.5, 0.6) is 0 Å². The molecule has 2 aromatic carbocycles. The largest absolute Gasteiger partial charge is 0.352 e. The van der Waals surface area contributed by atoms with Crippen LogP contribution in [-0.2, 0) is 10.0 Å². The summed E-state index contributed by atoms with van der Waals surface area (Å²) in [6, 6.07) is 9.88. The summed E-state index contributed by atoms with van der Waals surface area (Å²) in [6.07, 6.45) is 0. The molecule has 158 valence electrons. The Morgan fingerprint density at radius 2 is 1.33 bits per heavy atom. The van der Waals surface area contributed by atoms with E-state index in [1.54, 1.807) is 4.31 Å². The number of hydrogen-bond donors (Lipinski definition) is 0. The number of aromatic nitrogens is 2. The van der Waals surface area contributed by atoms with Gasteiger partial charge in [0.25, 0.3) is 0 Å². The van der Waals surface area contributed by atoms with Gasteiger partial charge in [-0.15, -0.1) is 0 Å². The molecule has 1 aromatic heterocycles. The van der Waals surface area contributed by atoms with Gasteiger partial charge >= 0.3 is 0 Å². The number of hydrogen-bond acceptors (Lipinski definition) is 5. The molecule has 0 spiro atoms. The number of rotatable bonds is 3. The second-order valence-electron chi connectivity index (χ2n) is 8.10. The van der Waals surface area contributed by atoms with Crippen molar-refractivity contribution in [3.05, 3.63) is 58.3 Å². The average molecular weight is 425 g/mol. The van der Waals surface area contributed by atoms with Gasteiger partial charge in [0.2, 0.25) is 10.0 Å². The Labute approximate surface area is 178 Å². The van der Waals surface area contributed by atoms with Gasteiger partial charge in [-0.3, -0.25) is 0 Å². The monoisotopic (exact) mass is 424 g/mol. The lowest BCUT2D eigenvalue weighted by molar-refractivity contribution is 0.383. The molecule has 1 fully saturated rings. The second-order valence-corrected chi connectivity index (χ2v) is 9.98. The van der Waals surface area contributed by atoms with Gasteiger partial charge in [0.15, 0.2) is 5.82 Å². The first-order chi connectivity index (χ1) is 14.2. The number of benzene rings is 2. The molecule has 0 bridgehead atoms. The summed E-state index contributed by atoms with van der Waals surface area (Å²) in [7, 11) is -3.55. The van der Waals surface area contributed by atoms with E-state index in [1.165, 1.54) is 0 Å². The van der Waals surface area contributed by atoms with Crippen LogP contribution in [0.1, 0.15) is 27.9 Å². The number of piperazine rings is 1. The van der Waals surface area contributed by atoms with Gasteiger partial charge in [-0.25, -0.2) is 18.4 Å². The topological polar surface area (TPSA) is 66.4 Å². The van der Waals surface area contributed by atoms with Gasteiger partial charge in [0, 0.05) is 26.2 Å². The van der Waals surface area contributed by atoms with Crippen LogP contribution in [0, 0.1) is 34.6 Å². The van der Waals surface area contributed by atoms with Crippen molar-refractivity contribution in [2.75, 3.05) is 31.1 Å². The second kappa shape index (κ2) is 7.63. The molecule has 0 atom stereocenters. The SMILES string of the molecule is Cc1cc(C)c(C)c(S(=O)(=O)N2CCN(c3nc4ccccc4nc3C)CC2)c1C. The number of aryl methyl sites for hydroxylation is 3. The van der Waals surface area contributed by atoms with Gasteiger partial charge in [0.05, 0.1) is 21.6 Å². The predicted octanol–water partition coefficient (Wildman–Crippen LogP) is 3.68. The van der Waals surface area contributed by atoms with E-state index in [4.69, 9.17) is 4.98 Å². The predicted molar refractivity (Wildman–Crippen MR) is 121 cm³/mol. The Bertz CT molecular complexity index is 1200. The van der Waals surface area contributed by atoms with E-state index in [2.05, 4.69) is 16.0 Å². The highest BCUT2D eigenvalue weighted by Gasteiger charge is 2.32. The molecule has 1 aliphatic heterocycles. The van der Waals surface area contributed by atoms with E-state index in [9.17, 15) is 8.42 Å². The number of para-hydroxylation sites is 2. The van der Waals surface area contributed by atoms with E-state index in [0.717, 1.165) is 44.8 Å². The van der Waals surface area contributed by atoms with Crippen LogP contribution < -0.4 is 4.90 Å². The van der Waals surface area contributed by atoms with E-state index < -0.39 is 10.0 Å². The van der Waals surface area contributed by atoms with Crippen LogP contribution in [0.25, 0.3) is 11.0 Å². The van der Waals surface area contributed by atoms with Crippen molar-refractivity contribution in [3.8, 4) is 0 Å². The molecule has 0 amide bonds. The number of nitrogens with zero attached hydrogens (tertiary/aromatic N) is 4. The van der Waals surface area contributed by atoms with E-state index in [1.807, 2.05) is 58.9 Å². The molecule has 0 N–H and O–H groups in total. The van der Waals surface area contributed by atoms with Crippen LogP contribution in [0.4, 0.5) is 5.82 Å². The molecule has 7 heteroatoms. The zero-order valence-corrected chi connectivity index (χ0v) is 19.0. The van der Waals surface area contributed by atoms with Gasteiger partial charge in [-0.2, -0.15) is 4.31 Å². The maximum absolute atomic E-state index is 13.5. The molecule has 1 saturated heterocycles. The lowest BCUT2D eigenvalue weighted by Crippen LogP contribution is -2.49. The quantitative estimate of drug-likeness (QED) is 0.642. The summed E-state index contributed by atoms with van der Waals surface area (Å²) in [4.78, 5) is 12.1. The molecular weight excluding hydrogens is 396 g/mol. The number of sulfonamides is 1. The van der Waals surface area contributed by atoms with Crippen LogP contribution in [0.2, 0.25) is 0 Å². The van der Waals surface area contributed by atoms with Crippen molar-refractivity contribution < 1.29 is 8.42 Å². The van der Waals surface area contributed by atoms with Gasteiger partial charge in [-0.1, -0.05) is 18.2 Å². The molecule has 6 nitrogen and oxygen atoms in total. The molecule has 30 heavy (non-hydrogen) atoms. The Balaban J connectivity index is 1.60. The Kier molecular flexibility index (Phi) is 5.28. The summed E-state index contributed by atoms with van der Waals surface area (Å²) >= 11 is 0. The maximum atomic E-state index is 13.5. The molecule has 0 saturated carbocycles. The van der Waals surface area contributed by atoms with Crippen LogP contribution in [0.15, 0.2) is 35.2 Å². The highest BCUT2D eigenvalue weighted by atomic mass is 32.2. The Hall–Kier alpha value is -2.51. The van der Waals surface area contributed by atoms with Crippen molar-refractivity contribution in [1.82, 2.24) is 14.3 Å². The first-order valence-corrected chi connectivity index (χ1v) is 11.7. The zero-order chi connectivity index (χ0) is 21.6. The lowest BCUT2D eigenvalue weighted by atomic mass is 10.0. The maximum Gasteiger partial charge on any atom is 0.243 e. The average Bonchev–Trinajstić information content (AvgIpc) is 2.72. The summed E-state index contributed by atoms with van der Waals surface area (Å²) in [5.41, 5.74) is 6.31. The fourth-order valence-electron chi connectivity index (χ4n) is 4.22. The third-order valence-corrected chi connectivity index (χ3v) is 8.33. The molecular formula is C23H28N4O2S. The van der Waals surface area contributed by atoms with Gasteiger partial charge in [0.1, 0.15) is 0 Å². The third kappa shape index (κ3) is 3.46. The van der Waals surface area contributed by atoms with Crippen molar-refractivity contribution >= 4 is 26.9 Å². The van der Waals surface area contributed by atoms with Crippen molar-refractivity contribution in [3.63, 3.8) is 0 Å². The van der Waals surface area contributed by atoms with E-state index in [-0.39, 0.29) is 0 Å². The molecule has 0 unspecified atom stereocenters. The number of fused-ring (bicyclic) bond motifs is 1. The van der Waals surface area contributed by atoms with Gasteiger partial charge in [-0.05, 0) is 69.0 Å².